The summed E-state index contributed by atoms with van der Waals surface area (Å²) in [4.78, 5) is 4.13. The summed E-state index contributed by atoms with van der Waals surface area (Å²) < 4.78 is 0. The third-order valence-corrected chi connectivity index (χ3v) is 1.51. The van der Waals surface area contributed by atoms with Gasteiger partial charge in [-0.3, -0.25) is 4.99 Å². The molecule has 1 aliphatic heterocycles. The van der Waals surface area contributed by atoms with Crippen LogP contribution >= 0.6 is 0 Å². The summed E-state index contributed by atoms with van der Waals surface area (Å²) in [5, 5.41) is 0. The van der Waals surface area contributed by atoms with Gasteiger partial charge in [0.1, 0.15) is 0 Å². The van der Waals surface area contributed by atoms with Crippen molar-refractivity contribution in [2.75, 3.05) is 0 Å². The third kappa shape index (κ3) is 1.39. The zero-order valence-corrected chi connectivity index (χ0v) is 5.83. The van der Waals surface area contributed by atoms with Crippen LogP contribution in [0.15, 0.2) is 16.6 Å². The van der Waals surface area contributed by atoms with E-state index in [1.54, 1.807) is 6.21 Å². The second-order valence-corrected chi connectivity index (χ2v) is 2.48. The fraction of sp³-hybridized carbons (Fsp3) is 0.571. The van der Waals surface area contributed by atoms with Crippen molar-refractivity contribution in [3.63, 3.8) is 0 Å². The minimum atomic E-state index is 0.0567. The molecule has 0 fully saturated rings. The molecule has 0 aromatic rings. The monoisotopic (exact) mass is 124 g/mol. The molecular weight excluding hydrogens is 112 g/mol. The first-order valence-electron chi connectivity index (χ1n) is 3.17. The van der Waals surface area contributed by atoms with E-state index in [-0.39, 0.29) is 6.04 Å². The lowest BCUT2D eigenvalue weighted by atomic mass is 10.1. The molecular formula is C7H12N2. The fourth-order valence-corrected chi connectivity index (χ4v) is 0.881. The largest absolute Gasteiger partial charge is 0.320 e. The molecule has 1 heterocycles. The first kappa shape index (κ1) is 6.49. The van der Waals surface area contributed by atoms with Gasteiger partial charge in [-0.25, -0.2) is 0 Å². The Hall–Kier alpha value is -0.630. The molecule has 2 N–H and O–H groups in total. The summed E-state index contributed by atoms with van der Waals surface area (Å²) in [6.45, 7) is 4.08. The van der Waals surface area contributed by atoms with E-state index in [9.17, 15) is 0 Å². The lowest BCUT2D eigenvalue weighted by molar-refractivity contribution is 0.851. The maximum Gasteiger partial charge on any atom is 0.0651 e. The van der Waals surface area contributed by atoms with Gasteiger partial charge in [-0.2, -0.15) is 0 Å². The molecule has 1 aliphatic rings. The molecule has 0 saturated carbocycles. The van der Waals surface area contributed by atoms with E-state index in [0.29, 0.717) is 6.04 Å². The molecule has 2 unspecified atom stereocenters. The van der Waals surface area contributed by atoms with Gasteiger partial charge in [-0.05, 0) is 13.8 Å². The van der Waals surface area contributed by atoms with E-state index >= 15 is 0 Å². The van der Waals surface area contributed by atoms with Crippen molar-refractivity contribution in [2.45, 2.75) is 25.9 Å². The second-order valence-electron chi connectivity index (χ2n) is 2.48. The Kier molecular flexibility index (Phi) is 1.67. The number of hydrogen-bond acceptors (Lipinski definition) is 2. The first-order chi connectivity index (χ1) is 4.20. The zero-order chi connectivity index (χ0) is 6.85. The van der Waals surface area contributed by atoms with E-state index in [1.807, 2.05) is 13.8 Å². The number of hydrogen-bond donors (Lipinski definition) is 1. The summed E-state index contributed by atoms with van der Waals surface area (Å²) >= 11 is 0. The molecule has 0 amide bonds. The molecule has 1 rings (SSSR count). The van der Waals surface area contributed by atoms with Gasteiger partial charge in [-0.15, -0.1) is 0 Å². The van der Waals surface area contributed by atoms with Gasteiger partial charge in [0.25, 0.3) is 0 Å². The number of nitrogens with two attached hydrogens (primary N) is 1. The first-order valence-corrected chi connectivity index (χ1v) is 3.17. The number of nitrogens with zero attached hydrogens (tertiary/aromatic N) is 1. The molecule has 50 valence electrons. The molecule has 2 heteroatoms. The van der Waals surface area contributed by atoms with E-state index in [1.165, 1.54) is 5.57 Å². The zero-order valence-electron chi connectivity index (χ0n) is 5.83. The van der Waals surface area contributed by atoms with Gasteiger partial charge in [0.15, 0.2) is 0 Å². The van der Waals surface area contributed by atoms with Crippen LogP contribution in [-0.4, -0.2) is 18.3 Å². The smallest absolute Gasteiger partial charge is 0.0651 e. The predicted octanol–water partition coefficient (Wildman–Crippen LogP) is 0.733. The van der Waals surface area contributed by atoms with E-state index in [0.717, 1.165) is 0 Å². The molecule has 0 bridgehead atoms. The van der Waals surface area contributed by atoms with Gasteiger partial charge in [-0.1, -0.05) is 11.6 Å². The number of dihydropyridines is 1. The lowest BCUT2D eigenvalue weighted by Crippen LogP contribution is -2.27. The molecule has 0 spiro atoms. The highest BCUT2D eigenvalue weighted by Gasteiger charge is 2.07. The maximum absolute atomic E-state index is 5.62. The SMILES string of the molecule is CC1=CC(C)N=CC1N. The fourth-order valence-electron chi connectivity index (χ4n) is 0.881. The molecule has 2 nitrogen and oxygen atoms in total. The van der Waals surface area contributed by atoms with Gasteiger partial charge >= 0.3 is 0 Å². The average molecular weight is 124 g/mol. The second kappa shape index (κ2) is 2.31. The minimum absolute atomic E-state index is 0.0567. The van der Waals surface area contributed by atoms with Crippen LogP contribution < -0.4 is 5.73 Å². The Labute approximate surface area is 55.5 Å². The van der Waals surface area contributed by atoms with Crippen LogP contribution in [0.1, 0.15) is 13.8 Å². The molecule has 2 atom stereocenters. The maximum atomic E-state index is 5.62. The topological polar surface area (TPSA) is 38.4 Å². The van der Waals surface area contributed by atoms with Gasteiger partial charge in [0, 0.05) is 6.21 Å². The summed E-state index contributed by atoms with van der Waals surface area (Å²) in [6.07, 6.45) is 3.89. The van der Waals surface area contributed by atoms with Gasteiger partial charge in [0.2, 0.25) is 0 Å². The third-order valence-electron chi connectivity index (χ3n) is 1.51. The van der Waals surface area contributed by atoms with Crippen molar-refractivity contribution in [3.05, 3.63) is 11.6 Å². The van der Waals surface area contributed by atoms with Gasteiger partial charge < -0.3 is 5.73 Å². The standard InChI is InChI=1S/C7H12N2/c1-5-3-6(2)9-4-7(5)8/h3-4,6-7H,8H2,1-2H3. The Bertz CT molecular complexity index is 158. The summed E-state index contributed by atoms with van der Waals surface area (Å²) in [6, 6.07) is 0.381. The summed E-state index contributed by atoms with van der Waals surface area (Å²) in [5.74, 6) is 0. The molecule has 0 aromatic carbocycles. The van der Waals surface area contributed by atoms with Gasteiger partial charge in [0.05, 0.1) is 12.1 Å². The quantitative estimate of drug-likeness (QED) is 0.475. The van der Waals surface area contributed by atoms with Crippen LogP contribution in [0, 0.1) is 0 Å². The van der Waals surface area contributed by atoms with E-state index in [4.69, 9.17) is 5.73 Å². The van der Waals surface area contributed by atoms with Crippen LogP contribution in [0.5, 0.6) is 0 Å². The Balaban J connectivity index is 2.70. The molecule has 0 radical (unpaired) electrons. The Morgan fingerprint density at radius 2 is 2.33 bits per heavy atom. The highest BCUT2D eigenvalue weighted by Crippen LogP contribution is 2.06. The normalized spacial score (nSPS) is 34.3. The van der Waals surface area contributed by atoms with Crippen LogP contribution in [0.3, 0.4) is 0 Å². The van der Waals surface area contributed by atoms with Crippen molar-refractivity contribution < 1.29 is 0 Å². The number of rotatable bonds is 0. The molecule has 0 aromatic heterocycles. The Morgan fingerprint density at radius 3 is 2.78 bits per heavy atom. The van der Waals surface area contributed by atoms with E-state index < -0.39 is 0 Å². The minimum Gasteiger partial charge on any atom is -0.320 e. The van der Waals surface area contributed by atoms with Crippen molar-refractivity contribution >= 4 is 6.21 Å². The van der Waals surface area contributed by atoms with Crippen LogP contribution in [0.2, 0.25) is 0 Å². The van der Waals surface area contributed by atoms with Crippen LogP contribution in [0.4, 0.5) is 0 Å². The van der Waals surface area contributed by atoms with Crippen molar-refractivity contribution in [2.24, 2.45) is 10.7 Å². The number of aliphatic imine (C=N–C) groups is 1. The lowest BCUT2D eigenvalue weighted by Gasteiger charge is -2.13. The highest BCUT2D eigenvalue weighted by molar-refractivity contribution is 5.70. The molecule has 0 saturated heterocycles. The molecule has 0 aliphatic carbocycles. The average Bonchev–Trinajstić information content (AvgIpc) is 1.80. The van der Waals surface area contributed by atoms with Crippen molar-refractivity contribution in [1.29, 1.82) is 0 Å². The van der Waals surface area contributed by atoms with Crippen molar-refractivity contribution in [1.82, 2.24) is 0 Å². The summed E-state index contributed by atoms with van der Waals surface area (Å²) in [5.41, 5.74) is 6.84. The predicted molar refractivity (Wildman–Crippen MR) is 39.7 cm³/mol. The molecule has 9 heavy (non-hydrogen) atoms. The van der Waals surface area contributed by atoms with Crippen molar-refractivity contribution in [3.8, 4) is 0 Å². The Morgan fingerprint density at radius 1 is 1.67 bits per heavy atom. The highest BCUT2D eigenvalue weighted by atomic mass is 14.8. The summed E-state index contributed by atoms with van der Waals surface area (Å²) in [7, 11) is 0. The van der Waals surface area contributed by atoms with Crippen LogP contribution in [0.25, 0.3) is 0 Å². The van der Waals surface area contributed by atoms with E-state index in [2.05, 4.69) is 11.1 Å². The van der Waals surface area contributed by atoms with Crippen LogP contribution in [-0.2, 0) is 0 Å².